The summed E-state index contributed by atoms with van der Waals surface area (Å²) in [7, 11) is 0. The Morgan fingerprint density at radius 1 is 1.54 bits per heavy atom. The van der Waals surface area contributed by atoms with Gasteiger partial charge in [0.05, 0.1) is 0 Å². The first-order valence-corrected chi connectivity index (χ1v) is 4.86. The van der Waals surface area contributed by atoms with E-state index >= 15 is 0 Å². The van der Waals surface area contributed by atoms with Gasteiger partial charge in [-0.15, -0.1) is 0 Å². The van der Waals surface area contributed by atoms with Crippen LogP contribution in [-0.2, 0) is 0 Å². The van der Waals surface area contributed by atoms with Crippen molar-refractivity contribution >= 4 is 0 Å². The largest absolute Gasteiger partial charge is 0.330 e. The standard InChI is InChI=1S/C12H21N/c1-5-10(4)8-11(6-2)12(7-3)9-13/h5-6,8,12H,1,7,9,13H2,2-4H3/b10-8-,11-6+. The second-order valence-corrected chi connectivity index (χ2v) is 3.22. The zero-order chi connectivity index (χ0) is 10.3. The molecule has 0 amide bonds. The average molecular weight is 179 g/mol. The van der Waals surface area contributed by atoms with E-state index < -0.39 is 0 Å². The molecule has 0 rings (SSSR count). The van der Waals surface area contributed by atoms with Crippen LogP contribution in [0.2, 0.25) is 0 Å². The lowest BCUT2D eigenvalue weighted by atomic mass is 9.94. The van der Waals surface area contributed by atoms with E-state index in [0.29, 0.717) is 5.92 Å². The van der Waals surface area contributed by atoms with Crippen molar-refractivity contribution in [3.8, 4) is 0 Å². The van der Waals surface area contributed by atoms with Crippen molar-refractivity contribution in [2.75, 3.05) is 6.54 Å². The molecule has 0 fully saturated rings. The molecule has 13 heavy (non-hydrogen) atoms. The summed E-state index contributed by atoms with van der Waals surface area (Å²) < 4.78 is 0. The van der Waals surface area contributed by atoms with E-state index in [9.17, 15) is 0 Å². The van der Waals surface area contributed by atoms with Crippen molar-refractivity contribution in [2.24, 2.45) is 11.7 Å². The van der Waals surface area contributed by atoms with E-state index in [1.54, 1.807) is 0 Å². The molecular formula is C12H21N. The molecule has 1 atom stereocenters. The number of hydrogen-bond donors (Lipinski definition) is 1. The maximum atomic E-state index is 5.68. The molecule has 1 nitrogen and oxygen atoms in total. The van der Waals surface area contributed by atoms with Gasteiger partial charge in [-0.25, -0.2) is 0 Å². The third-order valence-electron chi connectivity index (χ3n) is 2.30. The lowest BCUT2D eigenvalue weighted by Gasteiger charge is -2.13. The van der Waals surface area contributed by atoms with Crippen molar-refractivity contribution in [1.82, 2.24) is 0 Å². The second kappa shape index (κ2) is 6.67. The molecule has 74 valence electrons. The molecule has 0 spiro atoms. The first-order chi connectivity index (χ1) is 6.19. The van der Waals surface area contributed by atoms with E-state index in [1.165, 1.54) is 11.1 Å². The zero-order valence-corrected chi connectivity index (χ0v) is 9.01. The van der Waals surface area contributed by atoms with Gasteiger partial charge >= 0.3 is 0 Å². The summed E-state index contributed by atoms with van der Waals surface area (Å²) in [4.78, 5) is 0. The van der Waals surface area contributed by atoms with Crippen LogP contribution in [0.4, 0.5) is 0 Å². The molecule has 0 aromatic carbocycles. The Morgan fingerprint density at radius 3 is 2.46 bits per heavy atom. The summed E-state index contributed by atoms with van der Waals surface area (Å²) in [5.74, 6) is 0.486. The number of hydrogen-bond acceptors (Lipinski definition) is 1. The molecule has 0 aliphatic heterocycles. The van der Waals surface area contributed by atoms with Gasteiger partial charge in [-0.3, -0.25) is 0 Å². The van der Waals surface area contributed by atoms with E-state index in [-0.39, 0.29) is 0 Å². The van der Waals surface area contributed by atoms with Crippen molar-refractivity contribution in [3.05, 3.63) is 36.0 Å². The molecule has 0 saturated heterocycles. The van der Waals surface area contributed by atoms with Crippen LogP contribution in [0.3, 0.4) is 0 Å². The highest BCUT2D eigenvalue weighted by atomic mass is 14.5. The fourth-order valence-corrected chi connectivity index (χ4v) is 1.30. The van der Waals surface area contributed by atoms with Crippen LogP contribution in [0.15, 0.2) is 36.0 Å². The number of nitrogens with two attached hydrogens (primary N) is 1. The predicted octanol–water partition coefficient (Wildman–Crippen LogP) is 3.05. The van der Waals surface area contributed by atoms with Crippen molar-refractivity contribution in [1.29, 1.82) is 0 Å². The van der Waals surface area contributed by atoms with Crippen LogP contribution >= 0.6 is 0 Å². The lowest BCUT2D eigenvalue weighted by molar-refractivity contribution is 0.614. The van der Waals surface area contributed by atoms with Crippen LogP contribution in [-0.4, -0.2) is 6.54 Å². The first-order valence-electron chi connectivity index (χ1n) is 4.86. The minimum Gasteiger partial charge on any atom is -0.330 e. The van der Waals surface area contributed by atoms with Gasteiger partial charge in [0.2, 0.25) is 0 Å². The Balaban J connectivity index is 4.61. The van der Waals surface area contributed by atoms with E-state index in [4.69, 9.17) is 5.73 Å². The average Bonchev–Trinajstić information content (AvgIpc) is 2.17. The molecule has 0 aliphatic rings. The molecule has 0 aliphatic carbocycles. The van der Waals surface area contributed by atoms with Crippen LogP contribution in [0.1, 0.15) is 27.2 Å². The van der Waals surface area contributed by atoms with Gasteiger partial charge in [0.15, 0.2) is 0 Å². The quantitative estimate of drug-likeness (QED) is 0.645. The monoisotopic (exact) mass is 179 g/mol. The molecule has 0 heterocycles. The van der Waals surface area contributed by atoms with Crippen molar-refractivity contribution < 1.29 is 0 Å². The van der Waals surface area contributed by atoms with E-state index in [0.717, 1.165) is 13.0 Å². The van der Waals surface area contributed by atoms with Gasteiger partial charge in [-0.1, -0.05) is 37.3 Å². The maximum Gasteiger partial charge on any atom is -0.000845 e. The van der Waals surface area contributed by atoms with Crippen molar-refractivity contribution in [3.63, 3.8) is 0 Å². The molecule has 0 radical (unpaired) electrons. The predicted molar refractivity (Wildman–Crippen MR) is 60.5 cm³/mol. The smallest absolute Gasteiger partial charge is 0.000845 e. The van der Waals surface area contributed by atoms with Gasteiger partial charge in [0.25, 0.3) is 0 Å². The second-order valence-electron chi connectivity index (χ2n) is 3.22. The molecule has 0 aromatic rings. The minimum atomic E-state index is 0.486. The summed E-state index contributed by atoms with van der Waals surface area (Å²) >= 11 is 0. The fourth-order valence-electron chi connectivity index (χ4n) is 1.30. The highest BCUT2D eigenvalue weighted by Crippen LogP contribution is 2.16. The molecular weight excluding hydrogens is 158 g/mol. The number of allylic oxidation sites excluding steroid dienone is 4. The summed E-state index contributed by atoms with van der Waals surface area (Å²) in [6.07, 6.45) is 7.26. The molecule has 0 bridgehead atoms. The topological polar surface area (TPSA) is 26.0 Å². The zero-order valence-electron chi connectivity index (χ0n) is 9.01. The molecule has 0 aromatic heterocycles. The Labute approximate surface area is 82.0 Å². The lowest BCUT2D eigenvalue weighted by Crippen LogP contribution is -2.15. The van der Waals surface area contributed by atoms with Gasteiger partial charge in [-0.2, -0.15) is 0 Å². The number of rotatable bonds is 5. The molecule has 1 heteroatoms. The Kier molecular flexibility index (Phi) is 6.25. The van der Waals surface area contributed by atoms with Crippen LogP contribution < -0.4 is 5.73 Å². The Hall–Kier alpha value is -0.820. The minimum absolute atomic E-state index is 0.486. The Morgan fingerprint density at radius 2 is 2.15 bits per heavy atom. The van der Waals surface area contributed by atoms with E-state index in [1.807, 2.05) is 6.08 Å². The van der Waals surface area contributed by atoms with Gasteiger partial charge in [0.1, 0.15) is 0 Å². The molecule has 0 saturated carbocycles. The summed E-state index contributed by atoms with van der Waals surface area (Å²) in [5.41, 5.74) is 8.20. The Bertz CT molecular complexity index is 207. The molecule has 2 N–H and O–H groups in total. The fraction of sp³-hybridized carbons (Fsp3) is 0.500. The third-order valence-corrected chi connectivity index (χ3v) is 2.30. The third kappa shape index (κ3) is 4.09. The van der Waals surface area contributed by atoms with Crippen molar-refractivity contribution in [2.45, 2.75) is 27.2 Å². The summed E-state index contributed by atoms with van der Waals surface area (Å²) in [6, 6.07) is 0. The molecule has 1 unspecified atom stereocenters. The first kappa shape index (κ1) is 12.2. The van der Waals surface area contributed by atoms with Crippen LogP contribution in [0.5, 0.6) is 0 Å². The van der Waals surface area contributed by atoms with Gasteiger partial charge in [-0.05, 0) is 38.3 Å². The van der Waals surface area contributed by atoms with Gasteiger partial charge in [0, 0.05) is 0 Å². The normalized spacial score (nSPS) is 15.7. The van der Waals surface area contributed by atoms with Gasteiger partial charge < -0.3 is 5.73 Å². The maximum absolute atomic E-state index is 5.68. The summed E-state index contributed by atoms with van der Waals surface area (Å²) in [6.45, 7) is 10.7. The van der Waals surface area contributed by atoms with Crippen LogP contribution in [0, 0.1) is 5.92 Å². The highest BCUT2D eigenvalue weighted by Gasteiger charge is 2.06. The van der Waals surface area contributed by atoms with Crippen LogP contribution in [0.25, 0.3) is 0 Å². The van der Waals surface area contributed by atoms with E-state index in [2.05, 4.69) is 39.5 Å². The summed E-state index contributed by atoms with van der Waals surface area (Å²) in [5, 5.41) is 0. The highest BCUT2D eigenvalue weighted by molar-refractivity contribution is 5.29. The SMILES string of the molecule is C=C/C(C)=C\C(=C/C)C(CC)CN.